The summed E-state index contributed by atoms with van der Waals surface area (Å²) < 4.78 is 6.02. The van der Waals surface area contributed by atoms with Gasteiger partial charge in [0.2, 0.25) is 0 Å². The molecule has 0 aliphatic heterocycles. The summed E-state index contributed by atoms with van der Waals surface area (Å²) in [4.78, 5) is 10.5. The van der Waals surface area contributed by atoms with Gasteiger partial charge < -0.3 is 9.84 Å². The van der Waals surface area contributed by atoms with E-state index in [1.165, 1.54) is 6.07 Å². The Balaban J connectivity index is 2.46. The molecule has 128 valence electrons. The van der Waals surface area contributed by atoms with Crippen molar-refractivity contribution in [2.75, 3.05) is 0 Å². The molecule has 1 aliphatic rings. The zero-order chi connectivity index (χ0) is 18.1. The number of carbonyl (C=O) groups excluding carboxylic acids is 1. The van der Waals surface area contributed by atoms with E-state index in [-0.39, 0.29) is 23.3 Å². The van der Waals surface area contributed by atoms with Crippen LogP contribution in [0.1, 0.15) is 36.7 Å². The first-order valence-corrected chi connectivity index (χ1v) is 8.30. The van der Waals surface area contributed by atoms with E-state index in [1.54, 1.807) is 13.0 Å². The standard InChI is InChI=1S/C20H23ClO3/c1-6-13(3)20(21)10-12(2)9-18(15(20)5)24-19-14(4)16(11-22)7-8-17(19)23/h6-11,13,15,23H,1H2,2-5H3/t13-,15?,20?/m0/s1. The van der Waals surface area contributed by atoms with Gasteiger partial charge in [-0.3, -0.25) is 4.79 Å². The van der Waals surface area contributed by atoms with Gasteiger partial charge in [-0.1, -0.05) is 26.0 Å². The zero-order valence-corrected chi connectivity index (χ0v) is 15.2. The zero-order valence-electron chi connectivity index (χ0n) is 14.5. The van der Waals surface area contributed by atoms with Gasteiger partial charge in [0.25, 0.3) is 0 Å². The van der Waals surface area contributed by atoms with Crippen LogP contribution in [0.25, 0.3) is 0 Å². The van der Waals surface area contributed by atoms with Crippen molar-refractivity contribution in [1.29, 1.82) is 0 Å². The third-order valence-electron chi connectivity index (χ3n) is 4.73. The number of carbonyl (C=O) groups is 1. The molecule has 0 saturated heterocycles. The Hall–Kier alpha value is -2.00. The molecule has 2 unspecified atom stereocenters. The molecule has 0 saturated carbocycles. The summed E-state index contributed by atoms with van der Waals surface area (Å²) in [5, 5.41) is 10.1. The molecular weight excluding hydrogens is 324 g/mol. The maximum Gasteiger partial charge on any atom is 0.172 e. The predicted molar refractivity (Wildman–Crippen MR) is 97.8 cm³/mol. The minimum Gasteiger partial charge on any atom is -0.504 e. The van der Waals surface area contributed by atoms with Gasteiger partial charge in [0.05, 0.1) is 4.87 Å². The molecule has 24 heavy (non-hydrogen) atoms. The average molecular weight is 347 g/mol. The average Bonchev–Trinajstić information content (AvgIpc) is 2.54. The van der Waals surface area contributed by atoms with Crippen molar-refractivity contribution in [1.82, 2.24) is 0 Å². The molecule has 0 amide bonds. The van der Waals surface area contributed by atoms with E-state index in [4.69, 9.17) is 16.3 Å². The molecule has 2 rings (SSSR count). The van der Waals surface area contributed by atoms with Gasteiger partial charge in [-0.15, -0.1) is 18.2 Å². The minimum absolute atomic E-state index is 0.00431. The maximum absolute atomic E-state index is 11.1. The topological polar surface area (TPSA) is 46.5 Å². The highest BCUT2D eigenvalue weighted by Gasteiger charge is 2.41. The highest BCUT2D eigenvalue weighted by Crippen LogP contribution is 2.45. The van der Waals surface area contributed by atoms with Gasteiger partial charge in [0.1, 0.15) is 12.0 Å². The molecule has 1 aliphatic carbocycles. The molecule has 0 radical (unpaired) electrons. The second-order valence-electron chi connectivity index (χ2n) is 6.36. The van der Waals surface area contributed by atoms with Crippen LogP contribution < -0.4 is 4.74 Å². The van der Waals surface area contributed by atoms with E-state index in [0.717, 1.165) is 11.9 Å². The monoisotopic (exact) mass is 346 g/mol. The normalized spacial score (nSPS) is 24.6. The Morgan fingerprint density at radius 3 is 2.67 bits per heavy atom. The number of rotatable bonds is 5. The molecule has 1 N–H and O–H groups in total. The Morgan fingerprint density at radius 2 is 2.08 bits per heavy atom. The molecule has 1 aromatic rings. The number of hydrogen-bond acceptors (Lipinski definition) is 3. The lowest BCUT2D eigenvalue weighted by molar-refractivity contribution is 0.112. The van der Waals surface area contributed by atoms with E-state index in [1.807, 2.05) is 39.0 Å². The molecule has 0 bridgehead atoms. The van der Waals surface area contributed by atoms with E-state index >= 15 is 0 Å². The van der Waals surface area contributed by atoms with Gasteiger partial charge in [-0.25, -0.2) is 0 Å². The highest BCUT2D eigenvalue weighted by molar-refractivity contribution is 6.26. The summed E-state index contributed by atoms with van der Waals surface area (Å²) in [6, 6.07) is 3.03. The van der Waals surface area contributed by atoms with Gasteiger partial charge in [0.15, 0.2) is 11.5 Å². The lowest BCUT2D eigenvalue weighted by Gasteiger charge is -2.38. The molecular formula is C20H23ClO3. The van der Waals surface area contributed by atoms with Crippen molar-refractivity contribution >= 4 is 17.9 Å². The largest absolute Gasteiger partial charge is 0.504 e. The molecule has 0 heterocycles. The number of allylic oxidation sites excluding steroid dienone is 5. The third kappa shape index (κ3) is 3.13. The Labute approximate surface area is 148 Å². The first-order valence-electron chi connectivity index (χ1n) is 7.92. The van der Waals surface area contributed by atoms with Crippen LogP contribution in [0.4, 0.5) is 0 Å². The SMILES string of the molecule is C=C[C@H](C)C1(Cl)C=C(C)C=C(Oc2c(O)ccc(C=O)c2C)C1C. The molecule has 3 atom stereocenters. The van der Waals surface area contributed by atoms with Crippen molar-refractivity contribution in [3.63, 3.8) is 0 Å². The summed E-state index contributed by atoms with van der Waals surface area (Å²) in [5.74, 6) is 0.843. The Bertz CT molecular complexity index is 733. The summed E-state index contributed by atoms with van der Waals surface area (Å²) in [5.41, 5.74) is 2.06. The van der Waals surface area contributed by atoms with E-state index in [0.29, 0.717) is 16.9 Å². The number of halogens is 1. The molecule has 1 aromatic carbocycles. The number of hydrogen-bond donors (Lipinski definition) is 1. The first-order chi connectivity index (χ1) is 11.2. The maximum atomic E-state index is 11.1. The number of aromatic hydroxyl groups is 1. The fourth-order valence-electron chi connectivity index (χ4n) is 2.97. The lowest BCUT2D eigenvalue weighted by atomic mass is 9.77. The summed E-state index contributed by atoms with van der Waals surface area (Å²) in [6.07, 6.45) is 6.50. The van der Waals surface area contributed by atoms with Crippen LogP contribution in [0, 0.1) is 18.8 Å². The van der Waals surface area contributed by atoms with Crippen LogP contribution in [-0.2, 0) is 0 Å². The van der Waals surface area contributed by atoms with Gasteiger partial charge in [-0.2, -0.15) is 0 Å². The number of alkyl halides is 1. The molecule has 4 heteroatoms. The number of aldehydes is 1. The van der Waals surface area contributed by atoms with E-state index in [9.17, 15) is 9.90 Å². The van der Waals surface area contributed by atoms with Crippen LogP contribution >= 0.6 is 11.6 Å². The highest BCUT2D eigenvalue weighted by atomic mass is 35.5. The second-order valence-corrected chi connectivity index (χ2v) is 7.01. The Morgan fingerprint density at radius 1 is 1.42 bits per heavy atom. The van der Waals surface area contributed by atoms with Crippen molar-refractivity contribution < 1.29 is 14.6 Å². The summed E-state index contributed by atoms with van der Waals surface area (Å²) in [6.45, 7) is 11.5. The fraction of sp³-hybridized carbons (Fsp3) is 0.350. The number of phenols is 1. The third-order valence-corrected chi connectivity index (χ3v) is 5.52. The second kappa shape index (κ2) is 6.86. The van der Waals surface area contributed by atoms with Crippen LogP contribution in [0.15, 0.2) is 48.3 Å². The smallest absolute Gasteiger partial charge is 0.172 e. The minimum atomic E-state index is -0.651. The van der Waals surface area contributed by atoms with Crippen molar-refractivity contribution in [2.45, 2.75) is 32.6 Å². The number of ether oxygens (including phenoxy) is 1. The number of phenolic OH excluding ortho intramolecular Hbond substituents is 1. The van der Waals surface area contributed by atoms with E-state index in [2.05, 4.69) is 6.58 Å². The fourth-order valence-corrected chi connectivity index (χ4v) is 3.34. The van der Waals surface area contributed by atoms with Crippen molar-refractivity contribution in [2.24, 2.45) is 11.8 Å². The molecule has 0 spiro atoms. The van der Waals surface area contributed by atoms with Crippen LogP contribution in [-0.4, -0.2) is 16.3 Å². The van der Waals surface area contributed by atoms with Crippen molar-refractivity contribution in [3.8, 4) is 11.5 Å². The predicted octanol–water partition coefficient (Wildman–Crippen LogP) is 5.17. The van der Waals surface area contributed by atoms with Gasteiger partial charge >= 0.3 is 0 Å². The van der Waals surface area contributed by atoms with Gasteiger partial charge in [0, 0.05) is 17.0 Å². The lowest BCUT2D eigenvalue weighted by Crippen LogP contribution is -2.38. The molecule has 0 aromatic heterocycles. The van der Waals surface area contributed by atoms with Crippen molar-refractivity contribution in [3.05, 3.63) is 59.4 Å². The summed E-state index contributed by atoms with van der Waals surface area (Å²) >= 11 is 6.88. The van der Waals surface area contributed by atoms with Crippen LogP contribution in [0.3, 0.4) is 0 Å². The number of benzene rings is 1. The van der Waals surface area contributed by atoms with Crippen LogP contribution in [0.2, 0.25) is 0 Å². The van der Waals surface area contributed by atoms with Gasteiger partial charge in [-0.05, 0) is 43.5 Å². The molecule has 0 fully saturated rings. The van der Waals surface area contributed by atoms with E-state index < -0.39 is 4.87 Å². The summed E-state index contributed by atoms with van der Waals surface area (Å²) in [7, 11) is 0. The quantitative estimate of drug-likeness (QED) is 0.454. The van der Waals surface area contributed by atoms with Crippen LogP contribution in [0.5, 0.6) is 11.5 Å². The Kier molecular flexibility index (Phi) is 5.24. The first kappa shape index (κ1) is 18.3. The molecule has 3 nitrogen and oxygen atoms in total.